The molecule has 0 aromatic heterocycles. The molecule has 0 aliphatic carbocycles. The van der Waals surface area contributed by atoms with Crippen molar-refractivity contribution >= 4 is 11.5 Å². The van der Waals surface area contributed by atoms with Gasteiger partial charge in [0.05, 0.1) is 6.42 Å². The Balaban J connectivity index is 3.00. The fraction of sp³-hybridized carbons (Fsp3) is 0.357. The lowest BCUT2D eigenvalue weighted by molar-refractivity contribution is -0.135. The Morgan fingerprint density at radius 2 is 2.18 bits per heavy atom. The van der Waals surface area contributed by atoms with E-state index in [1.54, 1.807) is 25.1 Å². The monoisotopic (exact) mass is 236 g/mol. The van der Waals surface area contributed by atoms with Gasteiger partial charge in [-0.05, 0) is 42.2 Å². The van der Waals surface area contributed by atoms with Gasteiger partial charge in [-0.25, -0.2) is 4.39 Å². The van der Waals surface area contributed by atoms with Crippen molar-refractivity contribution in [2.24, 2.45) is 0 Å². The molecule has 1 N–H and O–H groups in total. The van der Waals surface area contributed by atoms with Crippen LogP contribution in [0.3, 0.4) is 0 Å². The first-order chi connectivity index (χ1) is 8.04. The van der Waals surface area contributed by atoms with Gasteiger partial charge in [0.2, 0.25) is 0 Å². The number of benzene rings is 1. The van der Waals surface area contributed by atoms with Crippen LogP contribution in [-0.2, 0) is 4.79 Å². The van der Waals surface area contributed by atoms with Crippen molar-refractivity contribution in [3.05, 3.63) is 41.2 Å². The zero-order valence-corrected chi connectivity index (χ0v) is 10.2. The van der Waals surface area contributed by atoms with Crippen LogP contribution in [0.5, 0.6) is 0 Å². The minimum atomic E-state index is -0.850. The summed E-state index contributed by atoms with van der Waals surface area (Å²) in [5.41, 5.74) is 2.46. The molecule has 1 aromatic rings. The smallest absolute Gasteiger partial charge is 0.307 e. The molecular formula is C14H17FO2. The Bertz CT molecular complexity index is 436. The first-order valence-electron chi connectivity index (χ1n) is 5.72. The van der Waals surface area contributed by atoms with E-state index in [9.17, 15) is 9.18 Å². The molecular weight excluding hydrogens is 219 g/mol. The molecule has 17 heavy (non-hydrogen) atoms. The molecule has 0 amide bonds. The van der Waals surface area contributed by atoms with Crippen LogP contribution in [0.1, 0.15) is 37.3 Å². The molecule has 0 atom stereocenters. The lowest BCUT2D eigenvalue weighted by Crippen LogP contribution is -1.94. The van der Waals surface area contributed by atoms with E-state index in [4.69, 9.17) is 5.11 Å². The first-order valence-corrected chi connectivity index (χ1v) is 5.72. The normalized spacial score (nSPS) is 11.6. The highest BCUT2D eigenvalue weighted by atomic mass is 19.1. The molecule has 0 aliphatic heterocycles. The summed E-state index contributed by atoms with van der Waals surface area (Å²) >= 11 is 0. The van der Waals surface area contributed by atoms with Gasteiger partial charge in [-0.3, -0.25) is 4.79 Å². The second-order valence-corrected chi connectivity index (χ2v) is 4.04. The van der Waals surface area contributed by atoms with E-state index < -0.39 is 5.97 Å². The fourth-order valence-electron chi connectivity index (χ4n) is 1.69. The topological polar surface area (TPSA) is 37.3 Å². The third-order valence-corrected chi connectivity index (χ3v) is 2.57. The number of carboxylic acid groups (broad SMARTS) is 1. The highest BCUT2D eigenvalue weighted by Crippen LogP contribution is 2.22. The Kier molecular flexibility index (Phi) is 4.88. The molecule has 0 aliphatic rings. The van der Waals surface area contributed by atoms with Crippen LogP contribution >= 0.6 is 0 Å². The molecule has 0 unspecified atom stereocenters. The molecule has 92 valence electrons. The van der Waals surface area contributed by atoms with Crippen molar-refractivity contribution in [1.29, 1.82) is 0 Å². The summed E-state index contributed by atoms with van der Waals surface area (Å²) in [4.78, 5) is 10.6. The van der Waals surface area contributed by atoms with Gasteiger partial charge in [-0.15, -0.1) is 0 Å². The van der Waals surface area contributed by atoms with Gasteiger partial charge in [0, 0.05) is 0 Å². The van der Waals surface area contributed by atoms with Crippen molar-refractivity contribution in [1.82, 2.24) is 0 Å². The molecule has 0 heterocycles. The minimum Gasteiger partial charge on any atom is -0.481 e. The lowest BCUT2D eigenvalue weighted by Gasteiger charge is -2.08. The van der Waals surface area contributed by atoms with Crippen LogP contribution in [0.25, 0.3) is 5.57 Å². The SMILES string of the molecule is CCC/C(=C\CC(=O)O)c1ccc(F)c(C)c1. The second kappa shape index (κ2) is 6.18. The van der Waals surface area contributed by atoms with Gasteiger partial charge in [0.1, 0.15) is 5.82 Å². The molecule has 0 fully saturated rings. The summed E-state index contributed by atoms with van der Waals surface area (Å²) in [7, 11) is 0. The van der Waals surface area contributed by atoms with Gasteiger partial charge in [-0.1, -0.05) is 25.5 Å². The van der Waals surface area contributed by atoms with Gasteiger partial charge in [0.15, 0.2) is 0 Å². The largest absolute Gasteiger partial charge is 0.481 e. The van der Waals surface area contributed by atoms with Crippen molar-refractivity contribution in [2.75, 3.05) is 0 Å². The van der Waals surface area contributed by atoms with Crippen LogP contribution in [0.15, 0.2) is 24.3 Å². The standard InChI is InChI=1S/C14H17FO2/c1-3-4-11(6-8-14(16)17)12-5-7-13(15)10(2)9-12/h5-7,9H,3-4,8H2,1-2H3,(H,16,17)/b11-6+. The van der Waals surface area contributed by atoms with Crippen LogP contribution in [-0.4, -0.2) is 11.1 Å². The zero-order valence-electron chi connectivity index (χ0n) is 10.2. The summed E-state index contributed by atoms with van der Waals surface area (Å²) in [5, 5.41) is 8.67. The number of halogens is 1. The molecule has 0 bridgehead atoms. The number of rotatable bonds is 5. The number of hydrogen-bond donors (Lipinski definition) is 1. The molecule has 0 spiro atoms. The summed E-state index contributed by atoms with van der Waals surface area (Å²) in [6.45, 7) is 3.74. The van der Waals surface area contributed by atoms with Crippen LogP contribution in [0.4, 0.5) is 4.39 Å². The Morgan fingerprint density at radius 3 is 2.71 bits per heavy atom. The highest BCUT2D eigenvalue weighted by Gasteiger charge is 2.05. The summed E-state index contributed by atoms with van der Waals surface area (Å²) in [5.74, 6) is -1.08. The van der Waals surface area contributed by atoms with E-state index in [2.05, 4.69) is 0 Å². The van der Waals surface area contributed by atoms with Crippen molar-refractivity contribution in [2.45, 2.75) is 33.1 Å². The maximum absolute atomic E-state index is 13.1. The molecule has 0 saturated carbocycles. The predicted molar refractivity (Wildman–Crippen MR) is 66.3 cm³/mol. The first kappa shape index (κ1) is 13.4. The van der Waals surface area contributed by atoms with Gasteiger partial charge in [-0.2, -0.15) is 0 Å². The van der Waals surface area contributed by atoms with Crippen LogP contribution < -0.4 is 0 Å². The number of aryl methyl sites for hydroxylation is 1. The van der Waals surface area contributed by atoms with Gasteiger partial charge >= 0.3 is 5.97 Å². The average Bonchev–Trinajstić information content (AvgIpc) is 2.28. The Hall–Kier alpha value is -1.64. The van der Waals surface area contributed by atoms with E-state index in [-0.39, 0.29) is 12.2 Å². The summed E-state index contributed by atoms with van der Waals surface area (Å²) in [6, 6.07) is 4.89. The molecule has 0 saturated heterocycles. The van der Waals surface area contributed by atoms with Crippen LogP contribution in [0.2, 0.25) is 0 Å². The lowest BCUT2D eigenvalue weighted by atomic mass is 9.98. The maximum atomic E-state index is 13.1. The van der Waals surface area contributed by atoms with Crippen molar-refractivity contribution < 1.29 is 14.3 Å². The van der Waals surface area contributed by atoms with Gasteiger partial charge in [0.25, 0.3) is 0 Å². The number of hydrogen-bond acceptors (Lipinski definition) is 1. The highest BCUT2D eigenvalue weighted by molar-refractivity contribution is 5.74. The molecule has 2 nitrogen and oxygen atoms in total. The van der Waals surface area contributed by atoms with E-state index in [0.29, 0.717) is 5.56 Å². The maximum Gasteiger partial charge on any atom is 0.307 e. The predicted octanol–water partition coefficient (Wildman–Crippen LogP) is 3.79. The van der Waals surface area contributed by atoms with E-state index in [1.807, 2.05) is 6.92 Å². The summed E-state index contributed by atoms with van der Waals surface area (Å²) < 4.78 is 13.1. The molecule has 1 rings (SSSR count). The minimum absolute atomic E-state index is 0.00571. The Labute approximate surface area is 101 Å². The third-order valence-electron chi connectivity index (χ3n) is 2.57. The number of aliphatic carboxylic acids is 1. The summed E-state index contributed by atoms with van der Waals surface area (Å²) in [6.07, 6.45) is 3.45. The quantitative estimate of drug-likeness (QED) is 0.844. The van der Waals surface area contributed by atoms with Crippen LogP contribution in [0, 0.1) is 12.7 Å². The zero-order chi connectivity index (χ0) is 12.8. The van der Waals surface area contributed by atoms with E-state index in [0.717, 1.165) is 24.0 Å². The van der Waals surface area contributed by atoms with E-state index >= 15 is 0 Å². The van der Waals surface area contributed by atoms with Crippen molar-refractivity contribution in [3.63, 3.8) is 0 Å². The van der Waals surface area contributed by atoms with E-state index in [1.165, 1.54) is 6.07 Å². The molecule has 3 heteroatoms. The fourth-order valence-corrected chi connectivity index (χ4v) is 1.69. The average molecular weight is 236 g/mol. The van der Waals surface area contributed by atoms with Gasteiger partial charge < -0.3 is 5.11 Å². The third kappa shape index (κ3) is 4.02. The molecule has 0 radical (unpaired) electrons. The number of carboxylic acids is 1. The second-order valence-electron chi connectivity index (χ2n) is 4.04. The molecule has 1 aromatic carbocycles. The number of allylic oxidation sites excluding steroid dienone is 1. The Morgan fingerprint density at radius 1 is 1.47 bits per heavy atom. The van der Waals surface area contributed by atoms with Crippen molar-refractivity contribution in [3.8, 4) is 0 Å². The number of carbonyl (C=O) groups is 1.